The van der Waals surface area contributed by atoms with E-state index in [0.29, 0.717) is 23.5 Å². The second kappa shape index (κ2) is 8.49. The van der Waals surface area contributed by atoms with Crippen LogP contribution < -0.4 is 10.2 Å². The number of imide groups is 1. The third-order valence-corrected chi connectivity index (χ3v) is 5.00. The zero-order chi connectivity index (χ0) is 21.1. The van der Waals surface area contributed by atoms with Gasteiger partial charge in [-0.15, -0.1) is 0 Å². The minimum atomic E-state index is -0.591. The lowest BCUT2D eigenvalue weighted by atomic mass is 10.1. The van der Waals surface area contributed by atoms with Crippen molar-refractivity contribution in [2.24, 2.45) is 0 Å². The van der Waals surface area contributed by atoms with E-state index in [2.05, 4.69) is 5.32 Å². The lowest BCUT2D eigenvalue weighted by Crippen LogP contribution is -2.33. The van der Waals surface area contributed by atoms with Gasteiger partial charge in [0.1, 0.15) is 10.7 Å². The second-order valence-electron chi connectivity index (χ2n) is 6.70. The van der Waals surface area contributed by atoms with Crippen LogP contribution in [-0.4, -0.2) is 24.4 Å². The van der Waals surface area contributed by atoms with Crippen molar-refractivity contribution >= 4 is 40.8 Å². The first-order chi connectivity index (χ1) is 13.8. The molecule has 0 bridgehead atoms. The summed E-state index contributed by atoms with van der Waals surface area (Å²) in [5, 5.41) is 2.68. The molecule has 1 aliphatic heterocycles. The van der Waals surface area contributed by atoms with Gasteiger partial charge in [-0.1, -0.05) is 36.7 Å². The van der Waals surface area contributed by atoms with Crippen LogP contribution in [0.5, 0.6) is 0 Å². The first-order valence-electron chi connectivity index (χ1n) is 9.24. The standard InChI is InChI=1S/C22H21ClN2O4/c1-4-11-29-22(28)15-8-6-9-16(12-15)24-19-18(23)20(26)25(21(19)27)17-10-5-7-13(2)14(17)3/h5-10,12,24H,4,11H2,1-3H3. The molecule has 0 atom stereocenters. The zero-order valence-electron chi connectivity index (χ0n) is 16.4. The van der Waals surface area contributed by atoms with Crippen molar-refractivity contribution < 1.29 is 19.1 Å². The van der Waals surface area contributed by atoms with Crippen LogP contribution in [0.2, 0.25) is 0 Å². The van der Waals surface area contributed by atoms with Crippen LogP contribution in [0, 0.1) is 13.8 Å². The fourth-order valence-corrected chi connectivity index (χ4v) is 3.17. The molecule has 0 spiro atoms. The average Bonchev–Trinajstić information content (AvgIpc) is 2.92. The van der Waals surface area contributed by atoms with E-state index >= 15 is 0 Å². The molecule has 1 heterocycles. The third kappa shape index (κ3) is 4.03. The zero-order valence-corrected chi connectivity index (χ0v) is 17.2. The van der Waals surface area contributed by atoms with Gasteiger partial charge in [0.2, 0.25) is 0 Å². The number of anilines is 2. The van der Waals surface area contributed by atoms with E-state index in [-0.39, 0.29) is 10.7 Å². The largest absolute Gasteiger partial charge is 0.462 e. The summed E-state index contributed by atoms with van der Waals surface area (Å²) in [6, 6.07) is 11.9. The van der Waals surface area contributed by atoms with Gasteiger partial charge in [0.25, 0.3) is 11.8 Å². The Balaban J connectivity index is 1.87. The summed E-state index contributed by atoms with van der Waals surface area (Å²) < 4.78 is 5.13. The minimum absolute atomic E-state index is 0.0309. The molecule has 2 aromatic carbocycles. The second-order valence-corrected chi connectivity index (χ2v) is 7.07. The Bertz CT molecular complexity index is 1030. The normalized spacial score (nSPS) is 13.9. The number of hydrogen-bond acceptors (Lipinski definition) is 5. The Morgan fingerprint density at radius 2 is 1.83 bits per heavy atom. The van der Waals surface area contributed by atoms with Crippen molar-refractivity contribution in [2.45, 2.75) is 27.2 Å². The van der Waals surface area contributed by atoms with Gasteiger partial charge in [0.15, 0.2) is 0 Å². The molecule has 7 heteroatoms. The molecule has 6 nitrogen and oxygen atoms in total. The number of aryl methyl sites for hydroxylation is 1. The lowest BCUT2D eigenvalue weighted by molar-refractivity contribution is -0.120. The van der Waals surface area contributed by atoms with Gasteiger partial charge in [-0.05, 0) is 55.7 Å². The quantitative estimate of drug-likeness (QED) is 0.565. The van der Waals surface area contributed by atoms with Crippen LogP contribution in [-0.2, 0) is 14.3 Å². The Morgan fingerprint density at radius 3 is 2.55 bits per heavy atom. The van der Waals surface area contributed by atoms with E-state index < -0.39 is 17.8 Å². The molecule has 0 saturated carbocycles. The number of hydrogen-bond donors (Lipinski definition) is 1. The van der Waals surface area contributed by atoms with Crippen LogP contribution in [0.4, 0.5) is 11.4 Å². The number of carbonyl (C=O) groups excluding carboxylic acids is 3. The minimum Gasteiger partial charge on any atom is -0.462 e. The van der Waals surface area contributed by atoms with Crippen LogP contribution in [0.1, 0.15) is 34.8 Å². The highest BCUT2D eigenvalue weighted by atomic mass is 35.5. The maximum Gasteiger partial charge on any atom is 0.338 e. The highest BCUT2D eigenvalue weighted by molar-refractivity contribution is 6.53. The Kier molecular flexibility index (Phi) is 6.03. The summed E-state index contributed by atoms with van der Waals surface area (Å²) in [4.78, 5) is 38.8. The molecule has 1 N–H and O–H groups in total. The molecular formula is C22H21ClN2O4. The fourth-order valence-electron chi connectivity index (χ4n) is 2.95. The van der Waals surface area contributed by atoms with E-state index in [4.69, 9.17) is 16.3 Å². The van der Waals surface area contributed by atoms with Crippen molar-refractivity contribution in [1.82, 2.24) is 0 Å². The molecule has 0 fully saturated rings. The SMILES string of the molecule is CCCOC(=O)c1cccc(NC2=C(Cl)C(=O)N(c3cccc(C)c3C)C2=O)c1. The van der Waals surface area contributed by atoms with Crippen molar-refractivity contribution in [3.63, 3.8) is 0 Å². The monoisotopic (exact) mass is 412 g/mol. The summed E-state index contributed by atoms with van der Waals surface area (Å²) in [6.45, 7) is 5.98. The number of amides is 2. The molecule has 0 aromatic heterocycles. The van der Waals surface area contributed by atoms with Gasteiger partial charge in [-0.3, -0.25) is 9.59 Å². The number of rotatable bonds is 6. The highest BCUT2D eigenvalue weighted by Crippen LogP contribution is 2.33. The number of benzene rings is 2. The summed E-state index contributed by atoms with van der Waals surface area (Å²) in [7, 11) is 0. The number of esters is 1. The van der Waals surface area contributed by atoms with E-state index in [1.165, 1.54) is 0 Å². The summed E-state index contributed by atoms with van der Waals surface area (Å²) in [5.41, 5.74) is 3.03. The molecule has 0 radical (unpaired) electrons. The van der Waals surface area contributed by atoms with Gasteiger partial charge in [0, 0.05) is 5.69 Å². The molecule has 0 saturated heterocycles. The van der Waals surface area contributed by atoms with Gasteiger partial charge < -0.3 is 10.1 Å². The highest BCUT2D eigenvalue weighted by Gasteiger charge is 2.39. The van der Waals surface area contributed by atoms with Crippen LogP contribution in [0.15, 0.2) is 53.2 Å². The van der Waals surface area contributed by atoms with Gasteiger partial charge in [-0.25, -0.2) is 9.69 Å². The van der Waals surface area contributed by atoms with Gasteiger partial charge in [0.05, 0.1) is 17.9 Å². The molecule has 2 aromatic rings. The van der Waals surface area contributed by atoms with Gasteiger partial charge >= 0.3 is 5.97 Å². The molecule has 150 valence electrons. The molecule has 3 rings (SSSR count). The van der Waals surface area contributed by atoms with Crippen LogP contribution in [0.25, 0.3) is 0 Å². The van der Waals surface area contributed by atoms with Crippen molar-refractivity contribution in [1.29, 1.82) is 0 Å². The maximum absolute atomic E-state index is 13.0. The smallest absolute Gasteiger partial charge is 0.338 e. The van der Waals surface area contributed by atoms with Crippen molar-refractivity contribution in [2.75, 3.05) is 16.8 Å². The molecule has 0 aliphatic carbocycles. The van der Waals surface area contributed by atoms with Crippen molar-refractivity contribution in [3.05, 3.63) is 69.9 Å². The number of nitrogens with one attached hydrogen (secondary N) is 1. The Morgan fingerprint density at radius 1 is 1.10 bits per heavy atom. The maximum atomic E-state index is 13.0. The topological polar surface area (TPSA) is 75.7 Å². The average molecular weight is 413 g/mol. The fraction of sp³-hybridized carbons (Fsp3) is 0.227. The van der Waals surface area contributed by atoms with E-state index in [1.807, 2.05) is 26.8 Å². The van der Waals surface area contributed by atoms with Crippen molar-refractivity contribution in [3.8, 4) is 0 Å². The summed E-state index contributed by atoms with van der Waals surface area (Å²) >= 11 is 6.19. The Labute approximate surface area is 174 Å². The molecule has 2 amide bonds. The first kappa shape index (κ1) is 20.6. The first-order valence-corrected chi connectivity index (χ1v) is 9.62. The molecule has 29 heavy (non-hydrogen) atoms. The number of halogens is 1. The molecule has 0 unspecified atom stereocenters. The number of carbonyl (C=O) groups is 3. The van der Waals surface area contributed by atoms with E-state index in [1.54, 1.807) is 36.4 Å². The number of nitrogens with zero attached hydrogens (tertiary/aromatic N) is 1. The Hall–Kier alpha value is -3.12. The van der Waals surface area contributed by atoms with Crippen LogP contribution >= 0.6 is 11.6 Å². The predicted octanol–water partition coefficient (Wildman–Crippen LogP) is 4.31. The lowest BCUT2D eigenvalue weighted by Gasteiger charge is -2.18. The predicted molar refractivity (Wildman–Crippen MR) is 112 cm³/mol. The third-order valence-electron chi connectivity index (χ3n) is 4.65. The van der Waals surface area contributed by atoms with Gasteiger partial charge in [-0.2, -0.15) is 0 Å². The van der Waals surface area contributed by atoms with Crippen LogP contribution in [0.3, 0.4) is 0 Å². The summed E-state index contributed by atoms with van der Waals surface area (Å²) in [6.07, 6.45) is 0.719. The summed E-state index contributed by atoms with van der Waals surface area (Å²) in [5.74, 6) is -1.60. The molecular weight excluding hydrogens is 392 g/mol. The van der Waals surface area contributed by atoms with E-state index in [0.717, 1.165) is 22.4 Å². The van der Waals surface area contributed by atoms with E-state index in [9.17, 15) is 14.4 Å². The number of ether oxygens (including phenoxy) is 1. The molecule has 1 aliphatic rings.